The molecule has 20 heavy (non-hydrogen) atoms. The zero-order valence-corrected chi connectivity index (χ0v) is 13.9. The van der Waals surface area contributed by atoms with Gasteiger partial charge in [0, 0.05) is 30.3 Å². The number of hydrogen-bond donors (Lipinski definition) is 1. The summed E-state index contributed by atoms with van der Waals surface area (Å²) in [5.41, 5.74) is 2.88. The fourth-order valence-corrected chi connectivity index (χ4v) is 2.70. The van der Waals surface area contributed by atoms with Crippen LogP contribution in [0.15, 0.2) is 30.5 Å². The highest BCUT2D eigenvalue weighted by molar-refractivity contribution is 7.98. The number of benzene rings is 1. The quantitative estimate of drug-likeness (QED) is 0.800. The number of aromatic nitrogens is 1. The lowest BCUT2D eigenvalue weighted by atomic mass is 10.1. The number of thioether (sulfide) groups is 1. The molecule has 1 N–H and O–H groups in total. The van der Waals surface area contributed by atoms with E-state index in [1.54, 1.807) is 0 Å². The van der Waals surface area contributed by atoms with E-state index in [1.807, 2.05) is 11.8 Å². The summed E-state index contributed by atoms with van der Waals surface area (Å²) >= 11 is 1.92. The van der Waals surface area contributed by atoms with Crippen molar-refractivity contribution in [3.8, 4) is 0 Å². The molecule has 0 saturated heterocycles. The van der Waals surface area contributed by atoms with Crippen LogP contribution in [0.2, 0.25) is 0 Å². The van der Waals surface area contributed by atoms with Gasteiger partial charge in [-0.2, -0.15) is 11.8 Å². The highest BCUT2D eigenvalue weighted by atomic mass is 32.2. The first-order chi connectivity index (χ1) is 9.49. The second kappa shape index (κ2) is 6.68. The van der Waals surface area contributed by atoms with Crippen molar-refractivity contribution in [1.29, 1.82) is 0 Å². The second-order valence-electron chi connectivity index (χ2n) is 6.35. The van der Waals surface area contributed by atoms with Gasteiger partial charge in [0.15, 0.2) is 0 Å². The number of nitrogens with zero attached hydrogens (tertiary/aromatic N) is 1. The van der Waals surface area contributed by atoms with Crippen LogP contribution in [0.3, 0.4) is 0 Å². The Bertz CT molecular complexity index is 552. The van der Waals surface area contributed by atoms with E-state index in [2.05, 4.69) is 67.4 Å². The molecule has 110 valence electrons. The molecule has 0 aliphatic heterocycles. The summed E-state index contributed by atoms with van der Waals surface area (Å²) in [7, 11) is 0. The van der Waals surface area contributed by atoms with Crippen molar-refractivity contribution in [2.75, 3.05) is 12.0 Å². The maximum atomic E-state index is 3.55. The summed E-state index contributed by atoms with van der Waals surface area (Å²) in [6.45, 7) is 8.65. The molecule has 2 nitrogen and oxygen atoms in total. The average Bonchev–Trinajstić information content (AvgIpc) is 2.79. The van der Waals surface area contributed by atoms with Crippen molar-refractivity contribution in [2.45, 2.75) is 45.8 Å². The predicted octanol–water partition coefficient (Wildman–Crippen LogP) is 4.28. The van der Waals surface area contributed by atoms with Gasteiger partial charge >= 0.3 is 0 Å². The molecule has 0 aliphatic rings. The molecule has 2 aromatic rings. The van der Waals surface area contributed by atoms with E-state index in [1.165, 1.54) is 28.6 Å². The molecule has 0 atom stereocenters. The van der Waals surface area contributed by atoms with Gasteiger partial charge in [0.2, 0.25) is 0 Å². The van der Waals surface area contributed by atoms with Crippen molar-refractivity contribution in [2.24, 2.45) is 0 Å². The Morgan fingerprint density at radius 1 is 1.20 bits per heavy atom. The third-order valence-electron chi connectivity index (χ3n) is 3.41. The standard InChI is InChI=1S/C17H26N2S/c1-17(2,3)18-13-14-6-7-15-8-10-19(16(15)12-14)9-5-11-20-4/h6-8,10,12,18H,5,9,11,13H2,1-4H3. The SMILES string of the molecule is CSCCCn1ccc2ccc(CNC(C)(C)C)cc21. The Morgan fingerprint density at radius 2 is 2.00 bits per heavy atom. The molecule has 0 fully saturated rings. The molecule has 0 aliphatic carbocycles. The van der Waals surface area contributed by atoms with Crippen LogP contribution in [-0.4, -0.2) is 22.1 Å². The van der Waals surface area contributed by atoms with Crippen molar-refractivity contribution < 1.29 is 0 Å². The smallest absolute Gasteiger partial charge is 0.0483 e. The highest BCUT2D eigenvalue weighted by Crippen LogP contribution is 2.19. The van der Waals surface area contributed by atoms with Crippen molar-refractivity contribution in [3.05, 3.63) is 36.0 Å². The topological polar surface area (TPSA) is 17.0 Å². The lowest BCUT2D eigenvalue weighted by Crippen LogP contribution is -2.35. The Kier molecular flexibility index (Phi) is 5.17. The van der Waals surface area contributed by atoms with Gasteiger partial charge in [0.05, 0.1) is 0 Å². The summed E-state index contributed by atoms with van der Waals surface area (Å²) < 4.78 is 2.38. The Hall–Kier alpha value is -0.930. The van der Waals surface area contributed by atoms with E-state index in [-0.39, 0.29) is 5.54 Å². The molecule has 0 bridgehead atoms. The highest BCUT2D eigenvalue weighted by Gasteiger charge is 2.09. The monoisotopic (exact) mass is 290 g/mol. The van der Waals surface area contributed by atoms with Gasteiger partial charge in [-0.3, -0.25) is 0 Å². The molecule has 0 spiro atoms. The lowest BCUT2D eigenvalue weighted by Gasteiger charge is -2.20. The van der Waals surface area contributed by atoms with Gasteiger partial charge in [-0.25, -0.2) is 0 Å². The number of aryl methyl sites for hydroxylation is 1. The fraction of sp³-hybridized carbons (Fsp3) is 0.529. The Balaban J connectivity index is 2.12. The van der Waals surface area contributed by atoms with Crippen LogP contribution in [0.1, 0.15) is 32.8 Å². The largest absolute Gasteiger partial charge is 0.347 e. The first-order valence-electron chi connectivity index (χ1n) is 7.31. The molecular weight excluding hydrogens is 264 g/mol. The Morgan fingerprint density at radius 3 is 2.70 bits per heavy atom. The van der Waals surface area contributed by atoms with Gasteiger partial charge < -0.3 is 9.88 Å². The van der Waals surface area contributed by atoms with Crippen LogP contribution in [0.25, 0.3) is 10.9 Å². The first kappa shape index (κ1) is 15.5. The molecule has 1 heterocycles. The normalized spacial score (nSPS) is 12.2. The van der Waals surface area contributed by atoms with E-state index >= 15 is 0 Å². The van der Waals surface area contributed by atoms with Crippen LogP contribution in [0.4, 0.5) is 0 Å². The summed E-state index contributed by atoms with van der Waals surface area (Å²) in [6.07, 6.45) is 5.62. The van der Waals surface area contributed by atoms with Crippen LogP contribution >= 0.6 is 11.8 Å². The molecule has 0 saturated carbocycles. The van der Waals surface area contributed by atoms with Crippen molar-refractivity contribution >= 4 is 22.7 Å². The minimum absolute atomic E-state index is 0.162. The van der Waals surface area contributed by atoms with Crippen LogP contribution in [0.5, 0.6) is 0 Å². The minimum atomic E-state index is 0.162. The Labute approximate surface area is 126 Å². The summed E-state index contributed by atoms with van der Waals surface area (Å²) in [4.78, 5) is 0. The molecule has 3 heteroatoms. The molecule has 1 aromatic heterocycles. The zero-order valence-electron chi connectivity index (χ0n) is 13.1. The van der Waals surface area contributed by atoms with E-state index < -0.39 is 0 Å². The summed E-state index contributed by atoms with van der Waals surface area (Å²) in [6, 6.07) is 9.01. The van der Waals surface area contributed by atoms with Crippen LogP contribution in [-0.2, 0) is 13.1 Å². The molecule has 0 radical (unpaired) electrons. The fourth-order valence-electron chi connectivity index (χ4n) is 2.28. The van der Waals surface area contributed by atoms with E-state index in [9.17, 15) is 0 Å². The second-order valence-corrected chi connectivity index (χ2v) is 7.34. The van der Waals surface area contributed by atoms with Gasteiger partial charge in [-0.1, -0.05) is 12.1 Å². The maximum absolute atomic E-state index is 3.55. The summed E-state index contributed by atoms with van der Waals surface area (Å²) in [5, 5.41) is 4.90. The van der Waals surface area contributed by atoms with Gasteiger partial charge in [-0.15, -0.1) is 0 Å². The lowest BCUT2D eigenvalue weighted by molar-refractivity contribution is 0.424. The van der Waals surface area contributed by atoms with Crippen molar-refractivity contribution in [3.63, 3.8) is 0 Å². The van der Waals surface area contributed by atoms with Gasteiger partial charge in [0.25, 0.3) is 0 Å². The maximum Gasteiger partial charge on any atom is 0.0483 e. The van der Waals surface area contributed by atoms with E-state index in [0.29, 0.717) is 0 Å². The zero-order chi connectivity index (χ0) is 14.6. The number of rotatable bonds is 6. The molecule has 1 aromatic carbocycles. The molecule has 2 rings (SSSR count). The van der Waals surface area contributed by atoms with Crippen LogP contribution in [0, 0.1) is 0 Å². The number of hydrogen-bond acceptors (Lipinski definition) is 2. The third kappa shape index (κ3) is 4.29. The molecule has 0 unspecified atom stereocenters. The van der Waals surface area contributed by atoms with Gasteiger partial charge in [-0.05, 0) is 62.3 Å². The number of fused-ring (bicyclic) bond motifs is 1. The van der Waals surface area contributed by atoms with Crippen LogP contribution < -0.4 is 5.32 Å². The molecule has 0 amide bonds. The average molecular weight is 290 g/mol. The first-order valence-corrected chi connectivity index (χ1v) is 8.71. The minimum Gasteiger partial charge on any atom is -0.347 e. The third-order valence-corrected chi connectivity index (χ3v) is 4.11. The summed E-state index contributed by atoms with van der Waals surface area (Å²) in [5.74, 6) is 1.23. The van der Waals surface area contributed by atoms with Crippen molar-refractivity contribution in [1.82, 2.24) is 9.88 Å². The van der Waals surface area contributed by atoms with E-state index in [0.717, 1.165) is 13.1 Å². The van der Waals surface area contributed by atoms with E-state index in [4.69, 9.17) is 0 Å². The predicted molar refractivity (Wildman–Crippen MR) is 91.5 cm³/mol. The van der Waals surface area contributed by atoms with Gasteiger partial charge in [0.1, 0.15) is 0 Å². The molecular formula is C17H26N2S. The number of nitrogens with one attached hydrogen (secondary N) is 1.